The summed E-state index contributed by atoms with van der Waals surface area (Å²) in [5.74, 6) is -0.935. The van der Waals surface area contributed by atoms with Gasteiger partial charge in [0.1, 0.15) is 0 Å². The highest BCUT2D eigenvalue weighted by Gasteiger charge is 2.04. The van der Waals surface area contributed by atoms with Crippen molar-refractivity contribution in [1.29, 1.82) is 0 Å². The van der Waals surface area contributed by atoms with Gasteiger partial charge in [0.05, 0.1) is 11.3 Å². The first-order valence-corrected chi connectivity index (χ1v) is 6.55. The molecule has 0 fully saturated rings. The van der Waals surface area contributed by atoms with E-state index in [4.69, 9.17) is 5.11 Å². The summed E-state index contributed by atoms with van der Waals surface area (Å²) in [5.41, 5.74) is 1.11. The van der Waals surface area contributed by atoms with E-state index < -0.39 is 5.97 Å². The molecule has 0 bridgehead atoms. The molecule has 0 amide bonds. The lowest BCUT2D eigenvalue weighted by molar-refractivity contribution is 0.0696. The largest absolute Gasteiger partial charge is 0.478 e. The molecule has 0 aliphatic rings. The molecular weight excluding hydrogens is 228 g/mol. The van der Waals surface area contributed by atoms with Crippen LogP contribution >= 0.6 is 0 Å². The number of hydrogen-bond acceptors (Lipinski definition) is 3. The Morgan fingerprint density at radius 1 is 1.44 bits per heavy atom. The average Bonchev–Trinajstić information content (AvgIpc) is 2.37. The molecule has 100 valence electrons. The van der Waals surface area contributed by atoms with Crippen LogP contribution in [0, 0.1) is 0 Å². The molecule has 18 heavy (non-hydrogen) atoms. The van der Waals surface area contributed by atoms with Crippen LogP contribution in [0.3, 0.4) is 0 Å². The maximum atomic E-state index is 10.7. The van der Waals surface area contributed by atoms with Crippen molar-refractivity contribution in [3.05, 3.63) is 29.6 Å². The van der Waals surface area contributed by atoms with Crippen molar-refractivity contribution >= 4 is 5.97 Å². The lowest BCUT2D eigenvalue weighted by Gasteiger charge is -2.13. The number of rotatable bonds is 8. The van der Waals surface area contributed by atoms with Crippen molar-refractivity contribution in [3.8, 4) is 0 Å². The van der Waals surface area contributed by atoms with Gasteiger partial charge in [0.25, 0.3) is 0 Å². The molecule has 4 nitrogen and oxygen atoms in total. The van der Waals surface area contributed by atoms with Gasteiger partial charge in [-0.2, -0.15) is 0 Å². The van der Waals surface area contributed by atoms with Crippen molar-refractivity contribution in [2.45, 2.75) is 52.1 Å². The summed E-state index contributed by atoms with van der Waals surface area (Å²) in [6, 6.07) is 3.82. The van der Waals surface area contributed by atoms with E-state index in [9.17, 15) is 4.79 Å². The van der Waals surface area contributed by atoms with E-state index in [1.54, 1.807) is 12.1 Å². The number of carboxylic acid groups (broad SMARTS) is 1. The van der Waals surface area contributed by atoms with E-state index in [1.165, 1.54) is 31.9 Å². The molecule has 2 N–H and O–H groups in total. The summed E-state index contributed by atoms with van der Waals surface area (Å²) in [6.45, 7) is 5.06. The lowest BCUT2D eigenvalue weighted by atomic mass is 10.1. The van der Waals surface area contributed by atoms with Crippen molar-refractivity contribution in [1.82, 2.24) is 10.3 Å². The van der Waals surface area contributed by atoms with Crippen LogP contribution in [0.4, 0.5) is 0 Å². The minimum absolute atomic E-state index is 0.231. The Balaban J connectivity index is 2.32. The van der Waals surface area contributed by atoms with Crippen LogP contribution in [0.15, 0.2) is 18.3 Å². The summed E-state index contributed by atoms with van der Waals surface area (Å²) < 4.78 is 0. The van der Waals surface area contributed by atoms with Crippen LogP contribution in [-0.2, 0) is 6.54 Å². The minimum Gasteiger partial charge on any atom is -0.478 e. The Bertz CT molecular complexity index is 363. The number of nitrogens with one attached hydrogen (secondary N) is 1. The average molecular weight is 250 g/mol. The molecule has 0 aromatic carbocycles. The molecule has 1 aromatic heterocycles. The Morgan fingerprint density at radius 3 is 2.78 bits per heavy atom. The number of carbonyl (C=O) groups is 1. The van der Waals surface area contributed by atoms with Crippen LogP contribution in [0.5, 0.6) is 0 Å². The number of carboxylic acids is 1. The Morgan fingerprint density at radius 2 is 2.22 bits per heavy atom. The van der Waals surface area contributed by atoms with Gasteiger partial charge in [0.2, 0.25) is 0 Å². The van der Waals surface area contributed by atoms with E-state index in [0.717, 1.165) is 5.69 Å². The molecule has 0 aliphatic heterocycles. The van der Waals surface area contributed by atoms with E-state index in [0.29, 0.717) is 12.6 Å². The standard InChI is InChI=1S/C14H22N2O2/c1-3-4-5-6-11(2)15-10-13-8-7-12(9-16-13)14(17)18/h7-9,11,15H,3-6,10H2,1-2H3,(H,17,18). The van der Waals surface area contributed by atoms with Gasteiger partial charge in [-0.3, -0.25) is 4.98 Å². The topological polar surface area (TPSA) is 62.2 Å². The first-order chi connectivity index (χ1) is 8.63. The van der Waals surface area contributed by atoms with Gasteiger partial charge in [-0.15, -0.1) is 0 Å². The minimum atomic E-state index is -0.935. The zero-order chi connectivity index (χ0) is 13.4. The van der Waals surface area contributed by atoms with Crippen molar-refractivity contribution in [2.75, 3.05) is 0 Å². The number of unbranched alkanes of at least 4 members (excludes halogenated alkanes) is 2. The molecule has 4 heteroatoms. The molecule has 0 spiro atoms. The fraction of sp³-hybridized carbons (Fsp3) is 0.571. The molecule has 1 unspecified atom stereocenters. The Hall–Kier alpha value is -1.42. The van der Waals surface area contributed by atoms with E-state index in [1.807, 2.05) is 0 Å². The predicted molar refractivity (Wildman–Crippen MR) is 71.6 cm³/mol. The molecular formula is C14H22N2O2. The van der Waals surface area contributed by atoms with Gasteiger partial charge in [0.15, 0.2) is 0 Å². The Kier molecular flexibility index (Phi) is 6.36. The monoisotopic (exact) mass is 250 g/mol. The second kappa shape index (κ2) is 7.82. The first kappa shape index (κ1) is 14.6. The smallest absolute Gasteiger partial charge is 0.337 e. The fourth-order valence-corrected chi connectivity index (χ4v) is 1.74. The molecule has 0 saturated heterocycles. The number of nitrogens with zero attached hydrogens (tertiary/aromatic N) is 1. The highest BCUT2D eigenvalue weighted by Crippen LogP contribution is 2.04. The third-order valence-electron chi connectivity index (χ3n) is 2.94. The third-order valence-corrected chi connectivity index (χ3v) is 2.94. The van der Waals surface area contributed by atoms with Crippen LogP contribution in [-0.4, -0.2) is 22.1 Å². The zero-order valence-electron chi connectivity index (χ0n) is 11.1. The summed E-state index contributed by atoms with van der Waals surface area (Å²) in [7, 11) is 0. The van der Waals surface area contributed by atoms with E-state index >= 15 is 0 Å². The summed E-state index contributed by atoms with van der Waals surface area (Å²) >= 11 is 0. The van der Waals surface area contributed by atoms with E-state index in [-0.39, 0.29) is 5.56 Å². The molecule has 1 atom stereocenters. The SMILES string of the molecule is CCCCCC(C)NCc1ccc(C(=O)O)cn1. The molecule has 1 heterocycles. The first-order valence-electron chi connectivity index (χ1n) is 6.55. The van der Waals surface area contributed by atoms with Crippen molar-refractivity contribution in [3.63, 3.8) is 0 Å². The van der Waals surface area contributed by atoms with Gasteiger partial charge >= 0.3 is 5.97 Å². The van der Waals surface area contributed by atoms with Crippen LogP contribution < -0.4 is 5.32 Å². The second-order valence-electron chi connectivity index (χ2n) is 4.62. The maximum absolute atomic E-state index is 10.7. The molecule has 1 aromatic rings. The third kappa shape index (κ3) is 5.27. The quantitative estimate of drug-likeness (QED) is 0.696. The van der Waals surface area contributed by atoms with E-state index in [2.05, 4.69) is 24.1 Å². The van der Waals surface area contributed by atoms with Crippen molar-refractivity contribution < 1.29 is 9.90 Å². The Labute approximate surface area is 108 Å². The lowest BCUT2D eigenvalue weighted by Crippen LogP contribution is -2.25. The normalized spacial score (nSPS) is 12.3. The summed E-state index contributed by atoms with van der Waals surface area (Å²) in [5, 5.41) is 12.2. The van der Waals surface area contributed by atoms with Gasteiger partial charge in [-0.25, -0.2) is 4.79 Å². The molecule has 0 aliphatic carbocycles. The number of pyridine rings is 1. The zero-order valence-corrected chi connectivity index (χ0v) is 11.1. The van der Waals surface area contributed by atoms with Gasteiger partial charge in [-0.1, -0.05) is 26.2 Å². The van der Waals surface area contributed by atoms with Crippen LogP contribution in [0.1, 0.15) is 55.6 Å². The number of aromatic nitrogens is 1. The van der Waals surface area contributed by atoms with Crippen molar-refractivity contribution in [2.24, 2.45) is 0 Å². The molecule has 0 radical (unpaired) electrons. The summed E-state index contributed by atoms with van der Waals surface area (Å²) in [4.78, 5) is 14.8. The molecule has 0 saturated carbocycles. The number of hydrogen-bond donors (Lipinski definition) is 2. The molecule has 1 rings (SSSR count). The van der Waals surface area contributed by atoms with Gasteiger partial charge in [-0.05, 0) is 25.5 Å². The second-order valence-corrected chi connectivity index (χ2v) is 4.62. The van der Waals surface area contributed by atoms with Crippen LogP contribution in [0.25, 0.3) is 0 Å². The summed E-state index contributed by atoms with van der Waals surface area (Å²) in [6.07, 6.45) is 6.33. The maximum Gasteiger partial charge on any atom is 0.337 e. The number of aromatic carboxylic acids is 1. The van der Waals surface area contributed by atoms with Crippen LogP contribution in [0.2, 0.25) is 0 Å². The predicted octanol–water partition coefficient (Wildman–Crippen LogP) is 2.84. The fourth-order valence-electron chi connectivity index (χ4n) is 1.74. The van der Waals surface area contributed by atoms with Gasteiger partial charge in [0, 0.05) is 18.8 Å². The highest BCUT2D eigenvalue weighted by atomic mass is 16.4. The van der Waals surface area contributed by atoms with Gasteiger partial charge < -0.3 is 10.4 Å². The highest BCUT2D eigenvalue weighted by molar-refractivity contribution is 5.87.